The van der Waals surface area contributed by atoms with Gasteiger partial charge in [0.05, 0.1) is 6.61 Å². The highest BCUT2D eigenvalue weighted by molar-refractivity contribution is 5.92. The number of hydrogen-bond donors (Lipinski definition) is 3. The van der Waals surface area contributed by atoms with Gasteiger partial charge in [-0.3, -0.25) is 9.69 Å². The van der Waals surface area contributed by atoms with Gasteiger partial charge < -0.3 is 20.5 Å². The summed E-state index contributed by atoms with van der Waals surface area (Å²) in [5.41, 5.74) is 4.75. The minimum atomic E-state index is -0.881. The Bertz CT molecular complexity index is 1230. The number of urea groups is 1. The first-order valence-corrected chi connectivity index (χ1v) is 15.3. The van der Waals surface area contributed by atoms with Crippen LogP contribution in [0.4, 0.5) is 10.5 Å². The van der Waals surface area contributed by atoms with Crippen LogP contribution >= 0.6 is 0 Å². The van der Waals surface area contributed by atoms with Crippen LogP contribution in [0.3, 0.4) is 0 Å². The zero-order valence-electron chi connectivity index (χ0n) is 25.4. The molecule has 3 aromatic rings. The number of carbonyl (C=O) groups is 2. The predicted octanol–water partition coefficient (Wildman–Crippen LogP) is 7.43. The Morgan fingerprint density at radius 2 is 1.52 bits per heavy atom. The second kappa shape index (κ2) is 17.9. The van der Waals surface area contributed by atoms with E-state index in [9.17, 15) is 14.7 Å². The van der Waals surface area contributed by atoms with E-state index in [1.165, 1.54) is 19.3 Å². The van der Waals surface area contributed by atoms with Crippen molar-refractivity contribution in [2.45, 2.75) is 77.8 Å². The molecule has 0 fully saturated rings. The molecule has 226 valence electrons. The minimum absolute atomic E-state index is 0.110. The van der Waals surface area contributed by atoms with Gasteiger partial charge in [0, 0.05) is 25.8 Å². The molecule has 1 atom stereocenters. The van der Waals surface area contributed by atoms with Crippen LogP contribution in [-0.4, -0.2) is 43.3 Å². The smallest absolute Gasteiger partial charge is 0.321 e. The van der Waals surface area contributed by atoms with Crippen molar-refractivity contribution in [3.05, 3.63) is 83.9 Å². The number of anilines is 1. The monoisotopic (exact) mass is 573 g/mol. The summed E-state index contributed by atoms with van der Waals surface area (Å²) in [5, 5.41) is 16.0. The lowest BCUT2D eigenvalue weighted by molar-refractivity contribution is -0.139. The van der Waals surface area contributed by atoms with Crippen LogP contribution in [0.2, 0.25) is 0 Å². The Morgan fingerprint density at radius 3 is 2.21 bits per heavy atom. The van der Waals surface area contributed by atoms with E-state index in [2.05, 4.69) is 24.5 Å². The molecule has 0 aromatic heterocycles. The molecular weight excluding hydrogens is 526 g/mol. The number of nitrogens with zero attached hydrogens (tertiary/aromatic N) is 1. The minimum Gasteiger partial charge on any atom is -0.494 e. The second-order valence-corrected chi connectivity index (χ2v) is 10.8. The highest BCUT2D eigenvalue weighted by Gasteiger charge is 2.18. The second-order valence-electron chi connectivity index (χ2n) is 10.8. The molecule has 3 N–H and O–H groups in total. The molecule has 0 bridgehead atoms. The summed E-state index contributed by atoms with van der Waals surface area (Å²) in [5.74, 6) is -0.0516. The summed E-state index contributed by atoms with van der Waals surface area (Å²) in [6.07, 6.45) is 8.26. The van der Waals surface area contributed by atoms with Crippen LogP contribution < -0.4 is 20.3 Å². The normalized spacial score (nSPS) is 11.6. The van der Waals surface area contributed by atoms with Gasteiger partial charge in [-0.2, -0.15) is 0 Å². The summed E-state index contributed by atoms with van der Waals surface area (Å²) < 4.78 is 5.71. The van der Waals surface area contributed by atoms with Crippen molar-refractivity contribution in [2.24, 2.45) is 0 Å². The number of benzene rings is 3. The van der Waals surface area contributed by atoms with E-state index in [4.69, 9.17) is 4.74 Å². The Hall–Kier alpha value is -3.84. The molecule has 0 saturated heterocycles. The van der Waals surface area contributed by atoms with Gasteiger partial charge in [-0.05, 0) is 65.8 Å². The molecule has 3 aromatic carbocycles. The molecule has 7 nitrogen and oxygen atoms in total. The molecule has 42 heavy (non-hydrogen) atoms. The van der Waals surface area contributed by atoms with E-state index in [1.54, 1.807) is 11.9 Å². The fourth-order valence-corrected chi connectivity index (χ4v) is 4.65. The van der Waals surface area contributed by atoms with Crippen LogP contribution in [0.5, 0.6) is 5.75 Å². The standard InChI is InChI=1S/C35H47N3O4/c1-4-6-8-9-10-22-36-35(41)38(3)31-13-11-12-30(25-31)29-18-14-27(15-19-29)24-33(34(39)40)37-26-28-16-20-32(21-17-28)42-23-7-5-2/h11-21,25,33,37H,4-10,22-24,26H2,1-3H3,(H,36,41)(H,39,40). The SMILES string of the molecule is CCCCCCCNC(=O)N(C)c1cccc(-c2ccc(CC(NCc3ccc(OCCCC)cc3)C(=O)O)cc2)c1. The molecular formula is C35H47N3O4. The Balaban J connectivity index is 1.54. The Kier molecular flexibility index (Phi) is 13.9. The first-order valence-electron chi connectivity index (χ1n) is 15.3. The van der Waals surface area contributed by atoms with Crippen molar-refractivity contribution in [3.8, 4) is 16.9 Å². The first kappa shape index (κ1) is 32.7. The topological polar surface area (TPSA) is 90.9 Å². The van der Waals surface area contributed by atoms with Crippen molar-refractivity contribution in [3.63, 3.8) is 0 Å². The summed E-state index contributed by atoms with van der Waals surface area (Å²) in [6, 6.07) is 22.8. The number of ether oxygens (including phenoxy) is 1. The maximum Gasteiger partial charge on any atom is 0.321 e. The van der Waals surface area contributed by atoms with Gasteiger partial charge in [0.2, 0.25) is 0 Å². The van der Waals surface area contributed by atoms with Gasteiger partial charge in [-0.1, -0.05) is 94.5 Å². The lowest BCUT2D eigenvalue weighted by Gasteiger charge is -2.19. The third kappa shape index (κ3) is 10.9. The first-order chi connectivity index (χ1) is 20.4. The maximum absolute atomic E-state index is 12.6. The fraction of sp³-hybridized carbons (Fsp3) is 0.429. The van der Waals surface area contributed by atoms with Crippen molar-refractivity contribution in [2.75, 3.05) is 25.1 Å². The van der Waals surface area contributed by atoms with E-state index >= 15 is 0 Å². The number of hydrogen-bond acceptors (Lipinski definition) is 4. The van der Waals surface area contributed by atoms with E-state index in [0.717, 1.165) is 59.4 Å². The Labute approximate surface area is 251 Å². The van der Waals surface area contributed by atoms with Gasteiger partial charge in [-0.25, -0.2) is 4.79 Å². The van der Waals surface area contributed by atoms with E-state index in [0.29, 0.717) is 26.1 Å². The summed E-state index contributed by atoms with van der Waals surface area (Å²) in [7, 11) is 1.78. The molecule has 2 amide bonds. The lowest BCUT2D eigenvalue weighted by Crippen LogP contribution is -2.38. The van der Waals surface area contributed by atoms with Crippen LogP contribution in [0, 0.1) is 0 Å². The van der Waals surface area contributed by atoms with Gasteiger partial charge in [0.15, 0.2) is 0 Å². The number of nitrogens with one attached hydrogen (secondary N) is 2. The van der Waals surface area contributed by atoms with E-state index in [1.807, 2.05) is 72.8 Å². The summed E-state index contributed by atoms with van der Waals surface area (Å²) in [4.78, 5) is 26.3. The fourth-order valence-electron chi connectivity index (χ4n) is 4.65. The number of amides is 2. The van der Waals surface area contributed by atoms with Gasteiger partial charge >= 0.3 is 12.0 Å². The van der Waals surface area contributed by atoms with Crippen molar-refractivity contribution in [1.82, 2.24) is 10.6 Å². The van der Waals surface area contributed by atoms with Crippen molar-refractivity contribution >= 4 is 17.7 Å². The average Bonchev–Trinajstić information content (AvgIpc) is 3.01. The summed E-state index contributed by atoms with van der Waals surface area (Å²) in [6.45, 7) is 6.16. The molecule has 0 saturated carbocycles. The molecule has 0 aliphatic carbocycles. The van der Waals surface area contributed by atoms with Crippen LogP contribution in [0.25, 0.3) is 11.1 Å². The number of carboxylic acid groups (broad SMARTS) is 1. The maximum atomic E-state index is 12.6. The number of carbonyl (C=O) groups excluding carboxylic acids is 1. The average molecular weight is 574 g/mol. The van der Waals surface area contributed by atoms with E-state index < -0.39 is 12.0 Å². The van der Waals surface area contributed by atoms with Crippen molar-refractivity contribution < 1.29 is 19.4 Å². The zero-order valence-corrected chi connectivity index (χ0v) is 25.4. The van der Waals surface area contributed by atoms with Gasteiger partial charge in [0.1, 0.15) is 11.8 Å². The quantitative estimate of drug-likeness (QED) is 0.138. The Morgan fingerprint density at radius 1 is 0.833 bits per heavy atom. The summed E-state index contributed by atoms with van der Waals surface area (Å²) >= 11 is 0. The third-order valence-corrected chi connectivity index (χ3v) is 7.36. The molecule has 0 spiro atoms. The van der Waals surface area contributed by atoms with Crippen LogP contribution in [-0.2, 0) is 17.8 Å². The zero-order chi connectivity index (χ0) is 30.2. The number of carboxylic acids is 1. The largest absolute Gasteiger partial charge is 0.494 e. The molecule has 3 rings (SSSR count). The molecule has 1 unspecified atom stereocenters. The van der Waals surface area contributed by atoms with Crippen LogP contribution in [0.1, 0.15) is 69.9 Å². The van der Waals surface area contributed by atoms with Crippen LogP contribution in [0.15, 0.2) is 72.8 Å². The molecule has 7 heteroatoms. The molecule has 0 heterocycles. The highest BCUT2D eigenvalue weighted by atomic mass is 16.5. The van der Waals surface area contributed by atoms with Crippen molar-refractivity contribution in [1.29, 1.82) is 0 Å². The molecule has 0 aliphatic heterocycles. The highest BCUT2D eigenvalue weighted by Crippen LogP contribution is 2.25. The number of rotatable bonds is 18. The molecule has 0 aliphatic rings. The van der Waals surface area contributed by atoms with Gasteiger partial charge in [0.25, 0.3) is 0 Å². The number of aliphatic carboxylic acids is 1. The number of unbranched alkanes of at least 4 members (excludes halogenated alkanes) is 5. The third-order valence-electron chi connectivity index (χ3n) is 7.36. The van der Waals surface area contributed by atoms with Gasteiger partial charge in [-0.15, -0.1) is 0 Å². The lowest BCUT2D eigenvalue weighted by atomic mass is 10.00. The van der Waals surface area contributed by atoms with E-state index in [-0.39, 0.29) is 6.03 Å². The molecule has 0 radical (unpaired) electrons. The predicted molar refractivity (Wildman–Crippen MR) is 171 cm³/mol.